The third kappa shape index (κ3) is 6.04. The molecule has 0 heterocycles. The van der Waals surface area contributed by atoms with Gasteiger partial charge in [0.25, 0.3) is 0 Å². The van der Waals surface area contributed by atoms with Gasteiger partial charge in [-0.15, -0.1) is 0 Å². The molecule has 0 aliphatic rings. The van der Waals surface area contributed by atoms with Crippen LogP contribution in [0.3, 0.4) is 0 Å². The molecular weight excluding hydrogens is 230 g/mol. The Kier molecular flexibility index (Phi) is 7.27. The average Bonchev–Trinajstić information content (AvgIpc) is 2.24. The summed E-state index contributed by atoms with van der Waals surface area (Å²) in [6, 6.07) is 0. The normalized spacial score (nSPS) is 11.8. The Balaban J connectivity index is 3.71. The third-order valence-corrected chi connectivity index (χ3v) is 4.04. The molecule has 0 bridgehead atoms. The van der Waals surface area contributed by atoms with Crippen LogP contribution in [-0.2, 0) is 14.8 Å². The molecule has 0 spiro atoms. The summed E-state index contributed by atoms with van der Waals surface area (Å²) >= 11 is 0. The fraction of sp³-hybridized carbons (Fsp3) is 0.889. The summed E-state index contributed by atoms with van der Waals surface area (Å²) in [5.74, 6) is 0.00625. The van der Waals surface area contributed by atoms with Crippen LogP contribution in [0, 0.1) is 0 Å². The molecule has 0 radical (unpaired) electrons. The summed E-state index contributed by atoms with van der Waals surface area (Å²) in [5, 5.41) is 2.67. The predicted molar refractivity (Wildman–Crippen MR) is 63.4 cm³/mol. The highest BCUT2D eigenvalue weighted by Crippen LogP contribution is 1.98. The molecule has 0 atom stereocenters. The zero-order chi connectivity index (χ0) is 12.6. The Morgan fingerprint density at radius 3 is 2.56 bits per heavy atom. The number of rotatable bonds is 8. The molecule has 0 aromatic rings. The van der Waals surface area contributed by atoms with Gasteiger partial charge in [0.2, 0.25) is 15.9 Å². The molecule has 0 fully saturated rings. The second kappa shape index (κ2) is 7.59. The smallest absolute Gasteiger partial charge is 0.221 e. The fourth-order valence-corrected chi connectivity index (χ4v) is 1.96. The maximum atomic E-state index is 11.4. The number of carbonyl (C=O) groups excluding carboxylic acids is 1. The minimum absolute atomic E-state index is 0.0940. The van der Waals surface area contributed by atoms with Crippen molar-refractivity contribution in [1.82, 2.24) is 9.62 Å². The van der Waals surface area contributed by atoms with E-state index in [1.165, 1.54) is 4.31 Å². The van der Waals surface area contributed by atoms with E-state index in [2.05, 4.69) is 5.32 Å². The summed E-state index contributed by atoms with van der Waals surface area (Å²) < 4.78 is 24.0. The van der Waals surface area contributed by atoms with Crippen molar-refractivity contribution in [1.29, 1.82) is 0 Å². The zero-order valence-electron chi connectivity index (χ0n) is 9.90. The Bertz CT molecular complexity index is 303. The Morgan fingerprint density at radius 2 is 2.06 bits per heavy atom. The van der Waals surface area contributed by atoms with Gasteiger partial charge in [0, 0.05) is 33.1 Å². The van der Waals surface area contributed by atoms with Gasteiger partial charge in [0.1, 0.15) is 0 Å². The van der Waals surface area contributed by atoms with Gasteiger partial charge in [-0.05, 0) is 13.3 Å². The standard InChI is InChI=1S/C9H21N3O3S/c1-3-16(14,15)12(2)8-4-7-11-9(13)5-6-10/h3-8,10H2,1-2H3,(H,11,13). The van der Waals surface area contributed by atoms with Crippen LogP contribution in [0.15, 0.2) is 0 Å². The maximum Gasteiger partial charge on any atom is 0.221 e. The van der Waals surface area contributed by atoms with Crippen molar-refractivity contribution in [3.05, 3.63) is 0 Å². The zero-order valence-corrected chi connectivity index (χ0v) is 10.7. The van der Waals surface area contributed by atoms with Crippen molar-refractivity contribution in [2.24, 2.45) is 5.73 Å². The van der Waals surface area contributed by atoms with E-state index in [9.17, 15) is 13.2 Å². The second-order valence-corrected chi connectivity index (χ2v) is 5.83. The van der Waals surface area contributed by atoms with Crippen LogP contribution in [0.25, 0.3) is 0 Å². The van der Waals surface area contributed by atoms with Crippen molar-refractivity contribution in [2.75, 3.05) is 32.4 Å². The first kappa shape index (κ1) is 15.3. The largest absolute Gasteiger partial charge is 0.356 e. The first-order chi connectivity index (χ1) is 7.44. The Hall–Kier alpha value is -0.660. The Labute approximate surface area is 97.2 Å². The molecule has 7 heteroatoms. The minimum Gasteiger partial charge on any atom is -0.356 e. The highest BCUT2D eigenvalue weighted by Gasteiger charge is 2.13. The van der Waals surface area contributed by atoms with Gasteiger partial charge in [-0.25, -0.2) is 12.7 Å². The predicted octanol–water partition coefficient (Wildman–Crippen LogP) is -0.877. The lowest BCUT2D eigenvalue weighted by atomic mass is 10.3. The molecule has 0 aromatic carbocycles. The van der Waals surface area contributed by atoms with Gasteiger partial charge in [-0.2, -0.15) is 0 Å². The summed E-state index contributed by atoms with van der Waals surface area (Å²) in [7, 11) is -1.57. The van der Waals surface area contributed by atoms with Crippen LogP contribution in [0.1, 0.15) is 19.8 Å². The number of hydrogen-bond acceptors (Lipinski definition) is 4. The number of amides is 1. The van der Waals surface area contributed by atoms with E-state index in [0.717, 1.165) is 0 Å². The highest BCUT2D eigenvalue weighted by atomic mass is 32.2. The first-order valence-corrected chi connectivity index (χ1v) is 6.95. The fourth-order valence-electron chi connectivity index (χ4n) is 1.11. The quantitative estimate of drug-likeness (QED) is 0.548. The van der Waals surface area contributed by atoms with E-state index >= 15 is 0 Å². The van der Waals surface area contributed by atoms with Crippen LogP contribution < -0.4 is 11.1 Å². The van der Waals surface area contributed by atoms with Crippen molar-refractivity contribution in [3.63, 3.8) is 0 Å². The first-order valence-electron chi connectivity index (χ1n) is 5.34. The number of sulfonamides is 1. The molecular formula is C9H21N3O3S. The lowest BCUT2D eigenvalue weighted by Crippen LogP contribution is -2.32. The van der Waals surface area contributed by atoms with Gasteiger partial charge < -0.3 is 11.1 Å². The van der Waals surface area contributed by atoms with E-state index in [1.54, 1.807) is 14.0 Å². The number of nitrogens with two attached hydrogens (primary N) is 1. The van der Waals surface area contributed by atoms with Gasteiger partial charge >= 0.3 is 0 Å². The molecule has 0 saturated heterocycles. The lowest BCUT2D eigenvalue weighted by molar-refractivity contribution is -0.120. The lowest BCUT2D eigenvalue weighted by Gasteiger charge is -2.15. The van der Waals surface area contributed by atoms with Crippen LogP contribution in [0.2, 0.25) is 0 Å². The Morgan fingerprint density at radius 1 is 1.44 bits per heavy atom. The van der Waals surface area contributed by atoms with Crippen molar-refractivity contribution >= 4 is 15.9 Å². The molecule has 3 N–H and O–H groups in total. The number of nitrogens with one attached hydrogen (secondary N) is 1. The third-order valence-electron chi connectivity index (χ3n) is 2.18. The highest BCUT2D eigenvalue weighted by molar-refractivity contribution is 7.89. The van der Waals surface area contributed by atoms with E-state index in [-0.39, 0.29) is 11.7 Å². The topological polar surface area (TPSA) is 92.5 Å². The monoisotopic (exact) mass is 251 g/mol. The van der Waals surface area contributed by atoms with Gasteiger partial charge in [-0.1, -0.05) is 0 Å². The molecule has 6 nitrogen and oxygen atoms in total. The number of hydrogen-bond donors (Lipinski definition) is 2. The van der Waals surface area contributed by atoms with E-state index < -0.39 is 10.0 Å². The van der Waals surface area contributed by atoms with E-state index in [4.69, 9.17) is 5.73 Å². The maximum absolute atomic E-state index is 11.4. The van der Waals surface area contributed by atoms with Crippen LogP contribution >= 0.6 is 0 Å². The van der Waals surface area contributed by atoms with E-state index in [0.29, 0.717) is 32.5 Å². The van der Waals surface area contributed by atoms with Crippen molar-refractivity contribution < 1.29 is 13.2 Å². The SMILES string of the molecule is CCS(=O)(=O)N(C)CCCNC(=O)CCN. The molecule has 0 aliphatic heterocycles. The summed E-state index contributed by atoms with van der Waals surface area (Å²) in [5.41, 5.74) is 5.21. The molecule has 0 unspecified atom stereocenters. The van der Waals surface area contributed by atoms with Crippen molar-refractivity contribution in [2.45, 2.75) is 19.8 Å². The van der Waals surface area contributed by atoms with Gasteiger partial charge in [0.05, 0.1) is 5.75 Å². The molecule has 16 heavy (non-hydrogen) atoms. The average molecular weight is 251 g/mol. The van der Waals surface area contributed by atoms with Gasteiger partial charge in [0.15, 0.2) is 0 Å². The summed E-state index contributed by atoms with van der Waals surface area (Å²) in [6.07, 6.45) is 0.912. The molecule has 96 valence electrons. The van der Waals surface area contributed by atoms with Gasteiger partial charge in [-0.3, -0.25) is 4.79 Å². The van der Waals surface area contributed by atoms with Crippen LogP contribution in [0.4, 0.5) is 0 Å². The summed E-state index contributed by atoms with van der Waals surface area (Å²) in [6.45, 7) is 2.83. The van der Waals surface area contributed by atoms with Crippen LogP contribution in [-0.4, -0.2) is 51.1 Å². The molecule has 0 saturated carbocycles. The second-order valence-electron chi connectivity index (χ2n) is 3.46. The minimum atomic E-state index is -3.11. The number of carbonyl (C=O) groups is 1. The number of nitrogens with zero attached hydrogens (tertiary/aromatic N) is 1. The summed E-state index contributed by atoms with van der Waals surface area (Å²) in [4.78, 5) is 11.0. The van der Waals surface area contributed by atoms with E-state index in [1.807, 2.05) is 0 Å². The molecule has 0 aliphatic carbocycles. The van der Waals surface area contributed by atoms with Crippen LogP contribution in [0.5, 0.6) is 0 Å². The molecule has 1 amide bonds. The molecule has 0 rings (SSSR count). The molecule has 0 aromatic heterocycles. The van der Waals surface area contributed by atoms with Crippen molar-refractivity contribution in [3.8, 4) is 0 Å².